The Hall–Kier alpha value is -2.07. The highest BCUT2D eigenvalue weighted by Crippen LogP contribution is 2.35. The van der Waals surface area contributed by atoms with Crippen molar-refractivity contribution in [3.8, 4) is 0 Å². The van der Waals surface area contributed by atoms with Gasteiger partial charge in [0, 0.05) is 51.2 Å². The monoisotopic (exact) mass is 377 g/mol. The third-order valence-corrected chi connectivity index (χ3v) is 6.85. The van der Waals surface area contributed by atoms with Crippen LogP contribution >= 0.6 is 0 Å². The Morgan fingerprint density at radius 3 is 2.54 bits per heavy atom. The van der Waals surface area contributed by atoms with Crippen LogP contribution in [0.2, 0.25) is 0 Å². The lowest BCUT2D eigenvalue weighted by Gasteiger charge is -2.35. The number of aromatic nitrogens is 1. The molecule has 4 heteroatoms. The second-order valence-corrected chi connectivity index (χ2v) is 9.13. The number of pyridine rings is 1. The van der Waals surface area contributed by atoms with E-state index < -0.39 is 0 Å². The summed E-state index contributed by atoms with van der Waals surface area (Å²) >= 11 is 0. The van der Waals surface area contributed by atoms with Crippen LogP contribution in [0.15, 0.2) is 41.3 Å². The topological polar surface area (TPSA) is 28.5 Å². The Labute approximate surface area is 167 Å². The average Bonchev–Trinajstić information content (AvgIpc) is 3.47. The van der Waals surface area contributed by atoms with E-state index >= 15 is 0 Å². The molecule has 5 rings (SSSR count). The Bertz CT molecular complexity index is 910. The first-order valence-corrected chi connectivity index (χ1v) is 10.9. The Balaban J connectivity index is 1.44. The number of nitrogens with zero attached hydrogens (tertiary/aromatic N) is 3. The van der Waals surface area contributed by atoms with Crippen molar-refractivity contribution in [1.82, 2.24) is 9.47 Å². The molecule has 1 aromatic carbocycles. The van der Waals surface area contributed by atoms with Gasteiger partial charge in [0.25, 0.3) is 0 Å². The summed E-state index contributed by atoms with van der Waals surface area (Å²) in [6.45, 7) is 4.61. The highest BCUT2D eigenvalue weighted by atomic mass is 16.1. The van der Waals surface area contributed by atoms with Crippen LogP contribution in [0.3, 0.4) is 0 Å². The normalized spacial score (nSPS) is 19.9. The van der Waals surface area contributed by atoms with Gasteiger partial charge < -0.3 is 9.47 Å². The third-order valence-electron chi connectivity index (χ3n) is 6.85. The fraction of sp³-hybridized carbons (Fsp3) is 0.542. The second kappa shape index (κ2) is 7.40. The molecule has 148 valence electrons. The van der Waals surface area contributed by atoms with E-state index in [9.17, 15) is 4.79 Å². The van der Waals surface area contributed by atoms with E-state index in [1.807, 2.05) is 19.3 Å². The van der Waals surface area contributed by atoms with Crippen LogP contribution in [-0.4, -0.2) is 29.1 Å². The van der Waals surface area contributed by atoms with Gasteiger partial charge in [0.1, 0.15) is 0 Å². The van der Waals surface area contributed by atoms with E-state index in [1.165, 1.54) is 68.4 Å². The smallest absolute Gasteiger partial charge is 0.250 e. The molecule has 2 saturated carbocycles. The average molecular weight is 378 g/mol. The fourth-order valence-corrected chi connectivity index (χ4v) is 4.62. The van der Waals surface area contributed by atoms with Crippen LogP contribution in [0, 0.1) is 11.8 Å². The number of benzene rings is 1. The Morgan fingerprint density at radius 2 is 1.82 bits per heavy atom. The van der Waals surface area contributed by atoms with E-state index in [0.717, 1.165) is 30.6 Å². The highest BCUT2D eigenvalue weighted by molar-refractivity contribution is 5.64. The van der Waals surface area contributed by atoms with Crippen LogP contribution in [0.25, 0.3) is 0 Å². The molecule has 0 radical (unpaired) electrons. The number of aryl methyl sites for hydroxylation is 1. The molecule has 3 aliphatic rings. The summed E-state index contributed by atoms with van der Waals surface area (Å²) in [7, 11) is 1.84. The molecule has 0 bridgehead atoms. The Kier molecular flexibility index (Phi) is 4.75. The predicted molar refractivity (Wildman–Crippen MR) is 114 cm³/mol. The molecule has 0 spiro atoms. The first kappa shape index (κ1) is 18.0. The maximum Gasteiger partial charge on any atom is 0.250 e. The summed E-state index contributed by atoms with van der Waals surface area (Å²) in [4.78, 5) is 17.0. The summed E-state index contributed by atoms with van der Waals surface area (Å²) in [5.41, 5.74) is 5.46. The van der Waals surface area contributed by atoms with Gasteiger partial charge in [0.15, 0.2) is 0 Å². The van der Waals surface area contributed by atoms with E-state index in [0.29, 0.717) is 0 Å². The van der Waals surface area contributed by atoms with Crippen LogP contribution in [0.4, 0.5) is 11.4 Å². The molecule has 2 fully saturated rings. The summed E-state index contributed by atoms with van der Waals surface area (Å²) < 4.78 is 1.69. The first-order chi connectivity index (χ1) is 13.7. The van der Waals surface area contributed by atoms with Crippen molar-refractivity contribution in [3.63, 3.8) is 0 Å². The predicted octanol–water partition coefficient (Wildman–Crippen LogP) is 4.09. The summed E-state index contributed by atoms with van der Waals surface area (Å²) in [5, 5.41) is 0. The van der Waals surface area contributed by atoms with Gasteiger partial charge in [0.2, 0.25) is 5.56 Å². The summed E-state index contributed by atoms with van der Waals surface area (Å²) in [6, 6.07) is 10.7. The van der Waals surface area contributed by atoms with Crippen LogP contribution in [0.1, 0.15) is 43.2 Å². The molecule has 0 amide bonds. The van der Waals surface area contributed by atoms with Gasteiger partial charge in [-0.1, -0.05) is 12.5 Å². The zero-order valence-corrected chi connectivity index (χ0v) is 16.9. The quantitative estimate of drug-likeness (QED) is 0.759. The molecule has 1 aliphatic heterocycles. The molecule has 2 heterocycles. The number of hydrogen-bond acceptors (Lipinski definition) is 3. The molecule has 0 N–H and O–H groups in total. The lowest BCUT2D eigenvalue weighted by Crippen LogP contribution is -2.33. The minimum Gasteiger partial charge on any atom is -0.340 e. The van der Waals surface area contributed by atoms with Gasteiger partial charge >= 0.3 is 0 Å². The van der Waals surface area contributed by atoms with Crippen LogP contribution in [0.5, 0.6) is 0 Å². The first-order valence-electron chi connectivity index (χ1n) is 10.9. The minimum atomic E-state index is 0.0495. The number of hydrogen-bond donors (Lipinski definition) is 0. The zero-order valence-electron chi connectivity index (χ0n) is 16.9. The molecule has 0 atom stereocenters. The molecule has 2 aromatic rings. The van der Waals surface area contributed by atoms with Gasteiger partial charge in [-0.2, -0.15) is 0 Å². The maximum atomic E-state index is 11.9. The maximum absolute atomic E-state index is 11.9. The molecule has 4 nitrogen and oxygen atoms in total. The van der Waals surface area contributed by atoms with Crippen LogP contribution < -0.4 is 10.5 Å². The van der Waals surface area contributed by atoms with Crippen molar-refractivity contribution < 1.29 is 0 Å². The number of anilines is 2. The summed E-state index contributed by atoms with van der Waals surface area (Å²) in [6.07, 6.45) is 10.00. The standard InChI is InChI=1S/C24H31N3O/c1-25-17-23(9-10-24(25)28)27(15-18-3-2-4-18)22-8-7-20-11-12-26(14-19-5-6-19)16-21(20)13-22/h7-10,13,17-19H,2-6,11-12,14-16H2,1H3. The van der Waals surface area contributed by atoms with Crippen molar-refractivity contribution in [3.05, 3.63) is 58.0 Å². The molecule has 1 aromatic heterocycles. The third kappa shape index (κ3) is 3.75. The van der Waals surface area contributed by atoms with Crippen molar-refractivity contribution in [2.45, 2.75) is 45.1 Å². The molecule has 28 heavy (non-hydrogen) atoms. The van der Waals surface area contributed by atoms with E-state index in [1.54, 1.807) is 10.6 Å². The van der Waals surface area contributed by atoms with Crippen molar-refractivity contribution in [2.75, 3.05) is 24.5 Å². The van der Waals surface area contributed by atoms with Crippen molar-refractivity contribution in [2.24, 2.45) is 18.9 Å². The van der Waals surface area contributed by atoms with E-state index in [2.05, 4.69) is 28.0 Å². The zero-order chi connectivity index (χ0) is 19.1. The van der Waals surface area contributed by atoms with Gasteiger partial charge in [-0.3, -0.25) is 9.69 Å². The fourth-order valence-electron chi connectivity index (χ4n) is 4.62. The van der Waals surface area contributed by atoms with Crippen LogP contribution in [-0.2, 0) is 20.0 Å². The van der Waals surface area contributed by atoms with Crippen molar-refractivity contribution >= 4 is 11.4 Å². The lowest BCUT2D eigenvalue weighted by molar-refractivity contribution is 0.244. The van der Waals surface area contributed by atoms with Crippen molar-refractivity contribution in [1.29, 1.82) is 0 Å². The van der Waals surface area contributed by atoms with Gasteiger partial charge in [-0.25, -0.2) is 0 Å². The van der Waals surface area contributed by atoms with Gasteiger partial charge in [0.05, 0.1) is 5.69 Å². The van der Waals surface area contributed by atoms with Gasteiger partial charge in [-0.15, -0.1) is 0 Å². The molecular formula is C24H31N3O. The lowest BCUT2D eigenvalue weighted by atomic mass is 9.85. The van der Waals surface area contributed by atoms with E-state index in [-0.39, 0.29) is 5.56 Å². The molecule has 0 saturated heterocycles. The molecular weight excluding hydrogens is 346 g/mol. The number of rotatable bonds is 6. The SMILES string of the molecule is Cn1cc(N(CC2CCC2)c2ccc3c(c2)CN(CC2CC2)CC3)ccc1=O. The van der Waals surface area contributed by atoms with E-state index in [4.69, 9.17) is 0 Å². The molecule has 2 aliphatic carbocycles. The Morgan fingerprint density at radius 1 is 1.00 bits per heavy atom. The van der Waals surface area contributed by atoms with Gasteiger partial charge in [-0.05, 0) is 73.3 Å². The number of fused-ring (bicyclic) bond motifs is 1. The largest absolute Gasteiger partial charge is 0.340 e. The molecule has 0 unspecified atom stereocenters. The summed E-state index contributed by atoms with van der Waals surface area (Å²) in [5.74, 6) is 1.71. The second-order valence-electron chi connectivity index (χ2n) is 9.13. The minimum absolute atomic E-state index is 0.0495. The highest BCUT2D eigenvalue weighted by Gasteiger charge is 2.27.